The van der Waals surface area contributed by atoms with Crippen LogP contribution in [0.3, 0.4) is 0 Å². The lowest BCUT2D eigenvalue weighted by atomic mass is 10.1. The fraction of sp³-hybridized carbons (Fsp3) is 0.107. The molecular formula is C28H22F3N3O4. The molecule has 0 saturated heterocycles. The highest BCUT2D eigenvalue weighted by Gasteiger charge is 2.30. The van der Waals surface area contributed by atoms with E-state index in [1.165, 1.54) is 18.3 Å². The minimum Gasteiger partial charge on any atom is -0.461 e. The van der Waals surface area contributed by atoms with Crippen LogP contribution in [0.1, 0.15) is 18.1 Å². The van der Waals surface area contributed by atoms with E-state index in [9.17, 15) is 22.8 Å². The van der Waals surface area contributed by atoms with Gasteiger partial charge in [-0.1, -0.05) is 30.3 Å². The molecule has 7 nitrogen and oxygen atoms in total. The van der Waals surface area contributed by atoms with Gasteiger partial charge in [-0.3, -0.25) is 10.2 Å². The fourth-order valence-corrected chi connectivity index (χ4v) is 3.55. The Balaban J connectivity index is 1.32. The zero-order chi connectivity index (χ0) is 27.3. The number of carbonyl (C=O) groups excluding carboxylic acids is 2. The standard InChI is InChI=1S/C28H22F3N3O4/c1-18(24-15-16-34(26(24)32)27(36)38-22-5-3-2-4-6-22)37-23-13-11-21(12-14-23)33-25(35)17-19-7-9-20(10-8-19)28(29,30)31/h2-16,32H,17H2,1H3,(H,33,35)/b24-18+,32-26?. The van der Waals surface area contributed by atoms with Crippen LogP contribution in [-0.2, 0) is 17.4 Å². The van der Waals surface area contributed by atoms with Gasteiger partial charge in [0.25, 0.3) is 0 Å². The highest BCUT2D eigenvalue weighted by Crippen LogP contribution is 2.29. The number of amidine groups is 1. The van der Waals surface area contributed by atoms with Gasteiger partial charge in [0, 0.05) is 11.9 Å². The number of carbonyl (C=O) groups is 2. The average molecular weight is 521 g/mol. The van der Waals surface area contributed by atoms with Crippen molar-refractivity contribution in [1.82, 2.24) is 4.90 Å². The Bertz CT molecular complexity index is 1400. The SMILES string of the molecule is C/C(Oc1ccc(NC(=O)Cc2ccc(C(F)(F)F)cc2)cc1)=C1/C=CN(C(=O)Oc2ccccc2)C1=N. The van der Waals surface area contributed by atoms with Crippen LogP contribution in [0.4, 0.5) is 23.7 Å². The third kappa shape index (κ3) is 6.47. The molecule has 3 aromatic carbocycles. The number of allylic oxidation sites excluding steroid dienone is 1. The van der Waals surface area contributed by atoms with Crippen molar-refractivity contribution in [3.63, 3.8) is 0 Å². The number of anilines is 1. The van der Waals surface area contributed by atoms with E-state index in [2.05, 4.69) is 5.32 Å². The summed E-state index contributed by atoms with van der Waals surface area (Å²) in [6.07, 6.45) is -2.25. The van der Waals surface area contributed by atoms with Gasteiger partial charge in [0.2, 0.25) is 5.91 Å². The topological polar surface area (TPSA) is 91.7 Å². The molecule has 0 aliphatic carbocycles. The molecule has 0 spiro atoms. The first-order chi connectivity index (χ1) is 18.1. The third-order valence-electron chi connectivity index (χ3n) is 5.47. The maximum atomic E-state index is 12.7. The van der Waals surface area contributed by atoms with Crippen molar-refractivity contribution in [2.24, 2.45) is 0 Å². The highest BCUT2D eigenvalue weighted by molar-refractivity contribution is 6.10. The van der Waals surface area contributed by atoms with Gasteiger partial charge in [-0.2, -0.15) is 13.2 Å². The molecule has 2 N–H and O–H groups in total. The maximum absolute atomic E-state index is 12.7. The van der Waals surface area contributed by atoms with Crippen molar-refractivity contribution in [1.29, 1.82) is 5.41 Å². The molecule has 38 heavy (non-hydrogen) atoms. The summed E-state index contributed by atoms with van der Waals surface area (Å²) in [6.45, 7) is 1.65. The quantitative estimate of drug-likeness (QED) is 0.360. The number of ether oxygens (including phenoxy) is 2. The fourth-order valence-electron chi connectivity index (χ4n) is 3.55. The Labute approximate surface area is 216 Å². The van der Waals surface area contributed by atoms with E-state index in [-0.39, 0.29) is 18.2 Å². The number of hydrogen-bond donors (Lipinski definition) is 2. The largest absolute Gasteiger partial charge is 0.461 e. The average Bonchev–Trinajstić information content (AvgIpc) is 3.27. The number of alkyl halides is 3. The van der Waals surface area contributed by atoms with Crippen molar-refractivity contribution >= 4 is 23.5 Å². The zero-order valence-electron chi connectivity index (χ0n) is 20.1. The van der Waals surface area contributed by atoms with Gasteiger partial charge in [0.15, 0.2) is 0 Å². The Morgan fingerprint density at radius 1 is 0.895 bits per heavy atom. The minimum absolute atomic E-state index is 0.0841. The second kappa shape index (κ2) is 11.0. The van der Waals surface area contributed by atoms with Crippen LogP contribution in [0.15, 0.2) is 102 Å². The summed E-state index contributed by atoms with van der Waals surface area (Å²) in [4.78, 5) is 25.8. The molecule has 0 bridgehead atoms. The van der Waals surface area contributed by atoms with Crippen LogP contribution < -0.4 is 14.8 Å². The first-order valence-electron chi connectivity index (χ1n) is 11.4. The lowest BCUT2D eigenvalue weighted by Crippen LogP contribution is -2.32. The molecule has 1 aliphatic heterocycles. The molecule has 1 heterocycles. The lowest BCUT2D eigenvalue weighted by molar-refractivity contribution is -0.137. The number of nitrogens with zero attached hydrogens (tertiary/aromatic N) is 1. The van der Waals surface area contributed by atoms with E-state index in [4.69, 9.17) is 14.9 Å². The van der Waals surface area contributed by atoms with Gasteiger partial charge in [-0.15, -0.1) is 0 Å². The van der Waals surface area contributed by atoms with Crippen molar-refractivity contribution in [3.8, 4) is 11.5 Å². The van der Waals surface area contributed by atoms with Crippen LogP contribution in [0.2, 0.25) is 0 Å². The third-order valence-corrected chi connectivity index (χ3v) is 5.47. The van der Waals surface area contributed by atoms with Crippen LogP contribution in [-0.4, -0.2) is 22.7 Å². The molecule has 0 saturated carbocycles. The van der Waals surface area contributed by atoms with Gasteiger partial charge in [-0.25, -0.2) is 9.69 Å². The highest BCUT2D eigenvalue weighted by atomic mass is 19.4. The number of benzene rings is 3. The molecule has 4 rings (SSSR count). The number of hydrogen-bond acceptors (Lipinski definition) is 5. The molecule has 0 aromatic heterocycles. The van der Waals surface area contributed by atoms with Gasteiger partial charge in [0.05, 0.1) is 17.6 Å². The monoisotopic (exact) mass is 521 g/mol. The first-order valence-corrected chi connectivity index (χ1v) is 11.4. The van der Waals surface area contributed by atoms with E-state index in [1.54, 1.807) is 67.6 Å². The maximum Gasteiger partial charge on any atom is 0.425 e. The van der Waals surface area contributed by atoms with E-state index in [1.807, 2.05) is 0 Å². The number of halogens is 3. The zero-order valence-corrected chi connectivity index (χ0v) is 20.1. The first kappa shape index (κ1) is 26.2. The second-order valence-electron chi connectivity index (χ2n) is 8.23. The van der Waals surface area contributed by atoms with Crippen molar-refractivity contribution < 1.29 is 32.2 Å². The molecule has 2 amide bonds. The molecule has 0 fully saturated rings. The summed E-state index contributed by atoms with van der Waals surface area (Å²) in [6, 6.07) is 19.4. The summed E-state index contributed by atoms with van der Waals surface area (Å²) >= 11 is 0. The predicted molar refractivity (Wildman–Crippen MR) is 135 cm³/mol. The molecule has 3 aromatic rings. The van der Waals surface area contributed by atoms with Gasteiger partial charge < -0.3 is 14.8 Å². The lowest BCUT2D eigenvalue weighted by Gasteiger charge is -2.15. The van der Waals surface area contributed by atoms with E-state index in [0.717, 1.165) is 17.0 Å². The molecule has 0 radical (unpaired) electrons. The van der Waals surface area contributed by atoms with Gasteiger partial charge in [-0.05, 0) is 67.1 Å². The Kier molecular flexibility index (Phi) is 7.61. The Hall–Kier alpha value is -4.86. The van der Waals surface area contributed by atoms with Crippen LogP contribution in [0.5, 0.6) is 11.5 Å². The summed E-state index contributed by atoms with van der Waals surface area (Å²) < 4.78 is 49.1. The second-order valence-corrected chi connectivity index (χ2v) is 8.23. The van der Waals surface area contributed by atoms with Crippen molar-refractivity contribution in [2.45, 2.75) is 19.5 Å². The normalized spacial score (nSPS) is 14.3. The minimum atomic E-state index is -4.43. The van der Waals surface area contributed by atoms with Crippen LogP contribution >= 0.6 is 0 Å². The number of nitrogens with one attached hydrogen (secondary N) is 2. The van der Waals surface area contributed by atoms with E-state index in [0.29, 0.717) is 34.1 Å². The summed E-state index contributed by atoms with van der Waals surface area (Å²) in [5.74, 6) is 0.678. The van der Waals surface area contributed by atoms with Gasteiger partial charge in [0.1, 0.15) is 23.1 Å². The van der Waals surface area contributed by atoms with E-state index < -0.39 is 17.8 Å². The molecular weight excluding hydrogens is 499 g/mol. The number of para-hydroxylation sites is 1. The van der Waals surface area contributed by atoms with Gasteiger partial charge >= 0.3 is 12.3 Å². The van der Waals surface area contributed by atoms with Crippen molar-refractivity contribution in [2.75, 3.05) is 5.32 Å². The van der Waals surface area contributed by atoms with E-state index >= 15 is 0 Å². The Morgan fingerprint density at radius 2 is 1.53 bits per heavy atom. The molecule has 194 valence electrons. The molecule has 0 unspecified atom stereocenters. The summed E-state index contributed by atoms with van der Waals surface area (Å²) in [5.41, 5.74) is 0.545. The van der Waals surface area contributed by atoms with Crippen LogP contribution in [0.25, 0.3) is 0 Å². The van der Waals surface area contributed by atoms with Crippen molar-refractivity contribution in [3.05, 3.63) is 114 Å². The number of rotatable bonds is 6. The molecule has 10 heteroatoms. The van der Waals surface area contributed by atoms with Crippen LogP contribution in [0, 0.1) is 5.41 Å². The smallest absolute Gasteiger partial charge is 0.425 e. The molecule has 0 atom stereocenters. The Morgan fingerprint density at radius 3 is 2.16 bits per heavy atom. The summed E-state index contributed by atoms with van der Waals surface area (Å²) in [5, 5.41) is 11.0. The number of amides is 2. The summed E-state index contributed by atoms with van der Waals surface area (Å²) in [7, 11) is 0. The molecule has 1 aliphatic rings. The predicted octanol–water partition coefficient (Wildman–Crippen LogP) is 6.54.